The lowest BCUT2D eigenvalue weighted by molar-refractivity contribution is -0.192. The van der Waals surface area contributed by atoms with Crippen molar-refractivity contribution >= 4 is 5.91 Å². The molecule has 13 heavy (non-hydrogen) atoms. The highest BCUT2D eigenvalue weighted by Crippen LogP contribution is 2.20. The van der Waals surface area contributed by atoms with E-state index < -0.39 is 5.60 Å². The first-order valence-corrected chi connectivity index (χ1v) is 4.62. The SMILES string of the molecule is CON1CC(C)(O)CCCCC1=O. The Morgan fingerprint density at radius 1 is 1.54 bits per heavy atom. The third kappa shape index (κ3) is 2.97. The van der Waals surface area contributed by atoms with E-state index in [4.69, 9.17) is 4.84 Å². The van der Waals surface area contributed by atoms with Gasteiger partial charge >= 0.3 is 0 Å². The standard InChI is InChI=1S/C9H17NO3/c1-9(12)6-4-3-5-8(11)10(7-9)13-2/h12H,3-7H2,1-2H3. The summed E-state index contributed by atoms with van der Waals surface area (Å²) in [5.41, 5.74) is -0.813. The van der Waals surface area contributed by atoms with Crippen LogP contribution in [0, 0.1) is 0 Å². The van der Waals surface area contributed by atoms with E-state index >= 15 is 0 Å². The average Bonchev–Trinajstić information content (AvgIpc) is 2.06. The fourth-order valence-corrected chi connectivity index (χ4v) is 1.55. The second-order valence-electron chi connectivity index (χ2n) is 3.82. The number of amides is 1. The third-order valence-electron chi connectivity index (χ3n) is 2.34. The molecule has 1 unspecified atom stereocenters. The molecule has 0 radical (unpaired) electrons. The summed E-state index contributed by atoms with van der Waals surface area (Å²) in [4.78, 5) is 16.3. The largest absolute Gasteiger partial charge is 0.388 e. The lowest BCUT2D eigenvalue weighted by Crippen LogP contribution is -2.44. The van der Waals surface area contributed by atoms with Crippen molar-refractivity contribution in [1.29, 1.82) is 0 Å². The smallest absolute Gasteiger partial charge is 0.246 e. The molecule has 0 saturated carbocycles. The van der Waals surface area contributed by atoms with Crippen LogP contribution in [0.25, 0.3) is 0 Å². The van der Waals surface area contributed by atoms with E-state index in [9.17, 15) is 9.90 Å². The van der Waals surface area contributed by atoms with Crippen molar-refractivity contribution in [2.75, 3.05) is 13.7 Å². The predicted molar refractivity (Wildman–Crippen MR) is 47.8 cm³/mol. The van der Waals surface area contributed by atoms with Crippen molar-refractivity contribution in [3.63, 3.8) is 0 Å². The molecule has 4 nitrogen and oxygen atoms in total. The van der Waals surface area contributed by atoms with Crippen LogP contribution in [0.1, 0.15) is 32.6 Å². The molecule has 0 aliphatic carbocycles. The minimum absolute atomic E-state index is 0.0394. The number of hydroxylamine groups is 2. The summed E-state index contributed by atoms with van der Waals surface area (Å²) in [6.07, 6.45) is 2.97. The number of carbonyl (C=O) groups excluding carboxylic acids is 1. The normalized spacial score (nSPS) is 31.3. The fraction of sp³-hybridized carbons (Fsp3) is 0.889. The topological polar surface area (TPSA) is 49.8 Å². The lowest BCUT2D eigenvalue weighted by Gasteiger charge is -2.31. The third-order valence-corrected chi connectivity index (χ3v) is 2.34. The maximum absolute atomic E-state index is 11.4. The highest BCUT2D eigenvalue weighted by Gasteiger charge is 2.28. The zero-order valence-electron chi connectivity index (χ0n) is 8.25. The van der Waals surface area contributed by atoms with Gasteiger partial charge < -0.3 is 5.11 Å². The number of nitrogens with zero attached hydrogens (tertiary/aromatic N) is 1. The van der Waals surface area contributed by atoms with Crippen LogP contribution in [0.4, 0.5) is 0 Å². The first-order chi connectivity index (χ1) is 6.05. The molecule has 0 aromatic carbocycles. The Morgan fingerprint density at radius 2 is 2.23 bits per heavy atom. The van der Waals surface area contributed by atoms with E-state index in [1.54, 1.807) is 6.92 Å². The molecule has 1 aliphatic heterocycles. The zero-order valence-corrected chi connectivity index (χ0v) is 8.25. The van der Waals surface area contributed by atoms with E-state index in [1.807, 2.05) is 0 Å². The van der Waals surface area contributed by atoms with Crippen molar-refractivity contribution in [3.05, 3.63) is 0 Å². The zero-order chi connectivity index (χ0) is 9.90. The van der Waals surface area contributed by atoms with Gasteiger partial charge in [-0.2, -0.15) is 0 Å². The summed E-state index contributed by atoms with van der Waals surface area (Å²) < 4.78 is 0. The second-order valence-corrected chi connectivity index (χ2v) is 3.82. The summed E-state index contributed by atoms with van der Waals surface area (Å²) in [6.45, 7) is 2.00. The van der Waals surface area contributed by atoms with Crippen molar-refractivity contribution in [3.8, 4) is 0 Å². The molecule has 4 heteroatoms. The first kappa shape index (κ1) is 10.5. The van der Waals surface area contributed by atoms with Crippen LogP contribution in [-0.2, 0) is 9.63 Å². The monoisotopic (exact) mass is 187 g/mol. The molecule has 1 N–H and O–H groups in total. The van der Waals surface area contributed by atoms with Crippen LogP contribution >= 0.6 is 0 Å². The quantitative estimate of drug-likeness (QED) is 0.657. The van der Waals surface area contributed by atoms with Gasteiger partial charge in [0.1, 0.15) is 0 Å². The molecule has 1 atom stereocenters. The second kappa shape index (κ2) is 4.07. The van der Waals surface area contributed by atoms with Crippen LogP contribution in [0.2, 0.25) is 0 Å². The van der Waals surface area contributed by atoms with E-state index in [2.05, 4.69) is 0 Å². The number of rotatable bonds is 1. The van der Waals surface area contributed by atoms with E-state index in [-0.39, 0.29) is 12.5 Å². The molecular formula is C9H17NO3. The maximum atomic E-state index is 11.4. The Balaban J connectivity index is 2.63. The number of aliphatic hydroxyl groups is 1. The summed E-state index contributed by atoms with van der Waals surface area (Å²) in [5.74, 6) is -0.0394. The highest BCUT2D eigenvalue weighted by molar-refractivity contribution is 5.75. The molecular weight excluding hydrogens is 170 g/mol. The molecule has 0 aromatic heterocycles. The van der Waals surface area contributed by atoms with Crippen LogP contribution in [0.3, 0.4) is 0 Å². The Bertz CT molecular complexity index is 191. The molecule has 1 amide bonds. The summed E-state index contributed by atoms with van der Waals surface area (Å²) in [7, 11) is 1.45. The molecule has 0 spiro atoms. The Labute approximate surface area is 78.4 Å². The molecule has 1 fully saturated rings. The number of hydrogen-bond donors (Lipinski definition) is 1. The predicted octanol–water partition coefficient (Wildman–Crippen LogP) is 0.701. The summed E-state index contributed by atoms with van der Waals surface area (Å²) in [5, 5.41) is 11.1. The molecule has 1 rings (SSSR count). The van der Waals surface area contributed by atoms with Gasteiger partial charge in [-0.3, -0.25) is 9.63 Å². The van der Waals surface area contributed by atoms with Crippen LogP contribution in [-0.4, -0.2) is 35.3 Å². The summed E-state index contributed by atoms with van der Waals surface area (Å²) in [6, 6.07) is 0. The minimum Gasteiger partial charge on any atom is -0.388 e. The Morgan fingerprint density at radius 3 is 2.85 bits per heavy atom. The van der Waals surface area contributed by atoms with Gasteiger partial charge in [-0.1, -0.05) is 6.42 Å². The molecule has 1 heterocycles. The van der Waals surface area contributed by atoms with Crippen LogP contribution < -0.4 is 0 Å². The summed E-state index contributed by atoms with van der Waals surface area (Å²) >= 11 is 0. The molecule has 0 bridgehead atoms. The van der Waals surface area contributed by atoms with Crippen molar-refractivity contribution < 1.29 is 14.7 Å². The van der Waals surface area contributed by atoms with Crippen molar-refractivity contribution in [2.24, 2.45) is 0 Å². The minimum atomic E-state index is -0.813. The molecule has 1 saturated heterocycles. The maximum Gasteiger partial charge on any atom is 0.246 e. The number of hydrogen-bond acceptors (Lipinski definition) is 3. The molecule has 1 aliphatic rings. The molecule has 0 aromatic rings. The van der Waals surface area contributed by atoms with Crippen molar-refractivity contribution in [2.45, 2.75) is 38.2 Å². The number of β-amino-alcohol motifs (C(OH)–C–C–N with tert-alkyl or cyclic N) is 1. The van der Waals surface area contributed by atoms with Crippen LogP contribution in [0.5, 0.6) is 0 Å². The van der Waals surface area contributed by atoms with Gasteiger partial charge in [0.25, 0.3) is 0 Å². The van der Waals surface area contributed by atoms with Gasteiger partial charge in [-0.05, 0) is 19.8 Å². The van der Waals surface area contributed by atoms with Crippen LogP contribution in [0.15, 0.2) is 0 Å². The van der Waals surface area contributed by atoms with Gasteiger partial charge in [-0.25, -0.2) is 5.06 Å². The van der Waals surface area contributed by atoms with Crippen molar-refractivity contribution in [1.82, 2.24) is 5.06 Å². The van der Waals surface area contributed by atoms with E-state index in [0.29, 0.717) is 6.42 Å². The fourth-order valence-electron chi connectivity index (χ4n) is 1.55. The average molecular weight is 187 g/mol. The number of carbonyl (C=O) groups is 1. The Kier molecular flexibility index (Phi) is 3.27. The van der Waals surface area contributed by atoms with Gasteiger partial charge in [0.15, 0.2) is 0 Å². The van der Waals surface area contributed by atoms with E-state index in [0.717, 1.165) is 19.3 Å². The van der Waals surface area contributed by atoms with Gasteiger partial charge in [-0.15, -0.1) is 0 Å². The first-order valence-electron chi connectivity index (χ1n) is 4.62. The lowest BCUT2D eigenvalue weighted by atomic mass is 9.96. The van der Waals surface area contributed by atoms with Gasteiger partial charge in [0, 0.05) is 6.42 Å². The van der Waals surface area contributed by atoms with E-state index in [1.165, 1.54) is 12.2 Å². The molecule has 76 valence electrons. The van der Waals surface area contributed by atoms with Gasteiger partial charge in [0.2, 0.25) is 5.91 Å². The highest BCUT2D eigenvalue weighted by atomic mass is 16.7. The van der Waals surface area contributed by atoms with Gasteiger partial charge in [0.05, 0.1) is 19.3 Å². The Hall–Kier alpha value is -0.610.